The molecule has 2 aromatic rings. The predicted octanol–water partition coefficient (Wildman–Crippen LogP) is 4.34. The molecule has 0 bridgehead atoms. The van der Waals surface area contributed by atoms with E-state index in [2.05, 4.69) is 78.2 Å². The van der Waals surface area contributed by atoms with Gasteiger partial charge in [-0.3, -0.25) is 0 Å². The van der Waals surface area contributed by atoms with Gasteiger partial charge in [0.2, 0.25) is 0 Å². The van der Waals surface area contributed by atoms with Gasteiger partial charge in [0, 0.05) is 28.6 Å². The molecule has 0 radical (unpaired) electrons. The van der Waals surface area contributed by atoms with Crippen LogP contribution in [0, 0.1) is 0 Å². The molecule has 0 aromatic heterocycles. The van der Waals surface area contributed by atoms with Gasteiger partial charge in [-0.1, -0.05) is 43.3 Å². The Morgan fingerprint density at radius 2 is 2.00 bits per heavy atom. The van der Waals surface area contributed by atoms with E-state index in [0.717, 1.165) is 6.54 Å². The molecule has 1 fully saturated rings. The van der Waals surface area contributed by atoms with Crippen molar-refractivity contribution in [3.8, 4) is 0 Å². The molecule has 1 aliphatic rings. The second kappa shape index (κ2) is 6.88. The molecular weight excluding hydrogens is 282 g/mol. The van der Waals surface area contributed by atoms with Crippen molar-refractivity contribution < 1.29 is 0 Å². The molecule has 3 heteroatoms. The normalized spacial score (nSPS) is 20.9. The Kier molecular flexibility index (Phi) is 4.92. The molecule has 2 atom stereocenters. The molecule has 1 aliphatic heterocycles. The maximum absolute atomic E-state index is 3.70. The minimum Gasteiger partial charge on any atom is -0.309 e. The molecule has 0 amide bonds. The first kappa shape index (κ1) is 14.3. The second-order valence-electron chi connectivity index (χ2n) is 5.13. The fourth-order valence-electron chi connectivity index (χ4n) is 2.78. The lowest BCUT2D eigenvalue weighted by Crippen LogP contribution is -2.33. The maximum Gasteiger partial charge on any atom is 0.0448 e. The number of fused-ring (bicyclic) bond motifs is 1. The van der Waals surface area contributed by atoms with Gasteiger partial charge in [0.1, 0.15) is 0 Å². The maximum atomic E-state index is 3.70. The Morgan fingerprint density at radius 3 is 2.75 bits per heavy atom. The highest BCUT2D eigenvalue weighted by Gasteiger charge is 2.25. The highest BCUT2D eigenvalue weighted by atomic mass is 32.2. The summed E-state index contributed by atoms with van der Waals surface area (Å²) in [5, 5.41) is 7.07. The fourth-order valence-corrected chi connectivity index (χ4v) is 5.65. The van der Waals surface area contributed by atoms with Gasteiger partial charge in [0.05, 0.1) is 0 Å². The van der Waals surface area contributed by atoms with Gasteiger partial charge in [-0.05, 0) is 28.9 Å². The average molecular weight is 303 g/mol. The van der Waals surface area contributed by atoms with E-state index < -0.39 is 0 Å². The first-order chi connectivity index (χ1) is 9.88. The van der Waals surface area contributed by atoms with Crippen molar-refractivity contribution in [1.29, 1.82) is 0 Å². The second-order valence-corrected chi connectivity index (χ2v) is 7.62. The van der Waals surface area contributed by atoms with Crippen molar-refractivity contribution in [2.75, 3.05) is 23.8 Å². The summed E-state index contributed by atoms with van der Waals surface area (Å²) in [6.45, 7) is 3.23. The Hall–Kier alpha value is -0.640. The van der Waals surface area contributed by atoms with Crippen molar-refractivity contribution in [2.24, 2.45) is 0 Å². The third kappa shape index (κ3) is 3.16. The van der Waals surface area contributed by atoms with Crippen LogP contribution < -0.4 is 5.32 Å². The van der Waals surface area contributed by atoms with E-state index in [0.29, 0.717) is 11.3 Å². The van der Waals surface area contributed by atoms with Gasteiger partial charge in [0.15, 0.2) is 0 Å². The summed E-state index contributed by atoms with van der Waals surface area (Å²) in [7, 11) is 0. The van der Waals surface area contributed by atoms with Crippen LogP contribution in [0.2, 0.25) is 0 Å². The molecule has 1 saturated heterocycles. The Labute approximate surface area is 129 Å². The first-order valence-corrected chi connectivity index (χ1v) is 9.50. The summed E-state index contributed by atoms with van der Waals surface area (Å²) in [6, 6.07) is 16.0. The molecule has 2 aromatic carbocycles. The number of nitrogens with one attached hydrogen (secondary N) is 1. The molecule has 1 nitrogen and oxygen atoms in total. The molecule has 106 valence electrons. The fraction of sp³-hybridized carbons (Fsp3) is 0.412. The molecule has 1 heterocycles. The van der Waals surface area contributed by atoms with Crippen LogP contribution in [0.3, 0.4) is 0 Å². The lowest BCUT2D eigenvalue weighted by molar-refractivity contribution is 0.551. The zero-order valence-corrected chi connectivity index (χ0v) is 13.5. The number of thioether (sulfide) groups is 2. The highest BCUT2D eigenvalue weighted by molar-refractivity contribution is 8.06. The third-order valence-corrected chi connectivity index (χ3v) is 6.63. The van der Waals surface area contributed by atoms with Crippen molar-refractivity contribution in [1.82, 2.24) is 5.32 Å². The summed E-state index contributed by atoms with van der Waals surface area (Å²) in [4.78, 5) is 0. The molecule has 1 N–H and O–H groups in total. The average Bonchev–Trinajstić information content (AvgIpc) is 2.53. The third-order valence-electron chi connectivity index (χ3n) is 3.77. The molecule has 0 aliphatic carbocycles. The first-order valence-electron chi connectivity index (χ1n) is 7.30. The van der Waals surface area contributed by atoms with Crippen LogP contribution in [0.5, 0.6) is 0 Å². The zero-order valence-electron chi connectivity index (χ0n) is 11.8. The smallest absolute Gasteiger partial charge is 0.0448 e. The van der Waals surface area contributed by atoms with Crippen LogP contribution in [0.4, 0.5) is 0 Å². The standard InChI is InChI=1S/C17H21NS2/c1-2-18-17(16-12-19-9-10-20-16)15-8-7-13-5-3-4-6-14(13)11-15/h3-8,11,16-18H,2,9-10,12H2,1H3. The van der Waals surface area contributed by atoms with Crippen molar-refractivity contribution in [3.05, 3.63) is 48.0 Å². The molecule has 3 rings (SSSR count). The quantitative estimate of drug-likeness (QED) is 0.902. The van der Waals surface area contributed by atoms with Crippen LogP contribution in [-0.2, 0) is 0 Å². The van der Waals surface area contributed by atoms with Gasteiger partial charge < -0.3 is 5.32 Å². The van der Waals surface area contributed by atoms with Gasteiger partial charge in [-0.2, -0.15) is 23.5 Å². The minimum absolute atomic E-state index is 0.474. The van der Waals surface area contributed by atoms with E-state index >= 15 is 0 Å². The molecular formula is C17H21NS2. The lowest BCUT2D eigenvalue weighted by Gasteiger charge is -2.30. The van der Waals surface area contributed by atoms with E-state index in [1.165, 1.54) is 33.6 Å². The molecule has 20 heavy (non-hydrogen) atoms. The number of rotatable bonds is 4. The van der Waals surface area contributed by atoms with Crippen LogP contribution >= 0.6 is 23.5 Å². The van der Waals surface area contributed by atoms with E-state index in [1.54, 1.807) is 0 Å². The van der Waals surface area contributed by atoms with Crippen molar-refractivity contribution in [2.45, 2.75) is 18.2 Å². The number of benzene rings is 2. The van der Waals surface area contributed by atoms with Crippen LogP contribution in [0.1, 0.15) is 18.5 Å². The van der Waals surface area contributed by atoms with E-state index in [1.807, 2.05) is 0 Å². The van der Waals surface area contributed by atoms with Crippen LogP contribution in [0.25, 0.3) is 10.8 Å². The highest BCUT2D eigenvalue weighted by Crippen LogP contribution is 2.34. The van der Waals surface area contributed by atoms with Crippen molar-refractivity contribution in [3.63, 3.8) is 0 Å². The zero-order chi connectivity index (χ0) is 13.8. The Balaban J connectivity index is 1.91. The number of hydrogen-bond donors (Lipinski definition) is 1. The van der Waals surface area contributed by atoms with Gasteiger partial charge in [-0.15, -0.1) is 0 Å². The van der Waals surface area contributed by atoms with E-state index in [-0.39, 0.29) is 0 Å². The number of hydrogen-bond acceptors (Lipinski definition) is 3. The predicted molar refractivity (Wildman–Crippen MR) is 93.9 cm³/mol. The summed E-state index contributed by atoms with van der Waals surface area (Å²) in [5.41, 5.74) is 1.44. The van der Waals surface area contributed by atoms with E-state index in [9.17, 15) is 0 Å². The lowest BCUT2D eigenvalue weighted by atomic mass is 10.00. The Bertz CT molecular complexity index is 564. The van der Waals surface area contributed by atoms with Gasteiger partial charge in [-0.25, -0.2) is 0 Å². The molecule has 0 saturated carbocycles. The molecule has 2 unspecified atom stereocenters. The van der Waals surface area contributed by atoms with Crippen LogP contribution in [0.15, 0.2) is 42.5 Å². The SMILES string of the molecule is CCNC(c1ccc2ccccc2c1)C1CSCCS1. The minimum atomic E-state index is 0.474. The largest absolute Gasteiger partial charge is 0.309 e. The van der Waals surface area contributed by atoms with Gasteiger partial charge in [0.25, 0.3) is 0 Å². The summed E-state index contributed by atoms with van der Waals surface area (Å²) < 4.78 is 0. The van der Waals surface area contributed by atoms with E-state index in [4.69, 9.17) is 0 Å². The van der Waals surface area contributed by atoms with Gasteiger partial charge >= 0.3 is 0 Å². The molecule has 0 spiro atoms. The summed E-state index contributed by atoms with van der Waals surface area (Å²) in [5.74, 6) is 3.84. The Morgan fingerprint density at radius 1 is 1.15 bits per heavy atom. The summed E-state index contributed by atoms with van der Waals surface area (Å²) >= 11 is 4.22. The van der Waals surface area contributed by atoms with Crippen LogP contribution in [-0.4, -0.2) is 29.1 Å². The summed E-state index contributed by atoms with van der Waals surface area (Å²) in [6.07, 6.45) is 0. The van der Waals surface area contributed by atoms with Crippen molar-refractivity contribution >= 4 is 34.3 Å². The monoisotopic (exact) mass is 303 g/mol. The topological polar surface area (TPSA) is 12.0 Å².